The van der Waals surface area contributed by atoms with Gasteiger partial charge in [-0.2, -0.15) is 5.10 Å². The van der Waals surface area contributed by atoms with Gasteiger partial charge in [0.25, 0.3) is 0 Å². The van der Waals surface area contributed by atoms with Crippen LogP contribution in [0.1, 0.15) is 35.3 Å². The lowest BCUT2D eigenvalue weighted by atomic mass is 10.0. The maximum Gasteiger partial charge on any atom is 0.163 e. The first-order chi connectivity index (χ1) is 15.8. The van der Waals surface area contributed by atoms with Gasteiger partial charge in [-0.3, -0.25) is 4.90 Å². The second kappa shape index (κ2) is 8.50. The number of fused-ring (bicyclic) bond motifs is 5. The summed E-state index contributed by atoms with van der Waals surface area (Å²) >= 11 is 1.94. The van der Waals surface area contributed by atoms with Crippen molar-refractivity contribution in [3.63, 3.8) is 0 Å². The van der Waals surface area contributed by atoms with Crippen molar-refractivity contribution in [2.24, 2.45) is 0 Å². The van der Waals surface area contributed by atoms with Crippen LogP contribution in [0.3, 0.4) is 0 Å². The van der Waals surface area contributed by atoms with Gasteiger partial charge in [-0.25, -0.2) is 9.67 Å². The number of thiophene rings is 1. The second-order valence-corrected chi connectivity index (χ2v) is 10.0. The van der Waals surface area contributed by atoms with E-state index >= 15 is 0 Å². The molecule has 0 N–H and O–H groups in total. The average molecular weight is 452 g/mol. The topological polar surface area (TPSA) is 55.7 Å². The van der Waals surface area contributed by atoms with Crippen LogP contribution >= 0.6 is 11.3 Å². The third-order valence-corrected chi connectivity index (χ3v) is 8.09. The predicted octanol–water partition coefficient (Wildman–Crippen LogP) is 3.92. The van der Waals surface area contributed by atoms with E-state index in [4.69, 9.17) is 9.47 Å². The molecule has 0 radical (unpaired) electrons. The van der Waals surface area contributed by atoms with E-state index in [9.17, 15) is 0 Å². The average Bonchev–Trinajstić information content (AvgIpc) is 3.44. The third kappa shape index (κ3) is 3.70. The molecule has 0 spiro atoms. The molecule has 1 saturated heterocycles. The van der Waals surface area contributed by atoms with E-state index in [2.05, 4.69) is 32.0 Å². The monoisotopic (exact) mass is 451 g/mol. The highest BCUT2D eigenvalue weighted by molar-refractivity contribution is 7.17. The van der Waals surface area contributed by atoms with Crippen LogP contribution in [0.4, 0.5) is 5.00 Å². The maximum atomic E-state index is 6.01. The molecule has 8 heteroatoms. The Morgan fingerprint density at radius 3 is 2.94 bits per heavy atom. The molecule has 0 amide bonds. The number of anilines is 1. The summed E-state index contributed by atoms with van der Waals surface area (Å²) in [7, 11) is 1.71. The van der Waals surface area contributed by atoms with Gasteiger partial charge in [-0.1, -0.05) is 12.1 Å². The van der Waals surface area contributed by atoms with E-state index in [-0.39, 0.29) is 0 Å². The number of ether oxygens (including phenoxy) is 2. The van der Waals surface area contributed by atoms with Gasteiger partial charge in [0.15, 0.2) is 5.82 Å². The molecule has 2 aromatic heterocycles. The fraction of sp³-hybridized carbons (Fsp3) is 0.500. The molecule has 32 heavy (non-hydrogen) atoms. The Balaban J connectivity index is 1.28. The molecule has 3 aliphatic heterocycles. The molecule has 0 aliphatic carbocycles. The van der Waals surface area contributed by atoms with Gasteiger partial charge >= 0.3 is 0 Å². The minimum absolute atomic E-state index is 0.398. The Morgan fingerprint density at radius 2 is 2.12 bits per heavy atom. The van der Waals surface area contributed by atoms with Gasteiger partial charge < -0.3 is 14.4 Å². The van der Waals surface area contributed by atoms with Crippen LogP contribution in [0.25, 0.3) is 11.4 Å². The Kier molecular flexibility index (Phi) is 5.37. The molecule has 6 rings (SSSR count). The Hall–Kier alpha value is -2.42. The molecule has 7 nitrogen and oxygen atoms in total. The SMILES string of the molecule is COc1ccc(CN2Cn3ncnc3-c3c2sc2c3CCN(CC3CCCCO3)C2)cc1. The summed E-state index contributed by atoms with van der Waals surface area (Å²) < 4.78 is 13.4. The van der Waals surface area contributed by atoms with Crippen molar-refractivity contribution in [1.82, 2.24) is 19.7 Å². The minimum atomic E-state index is 0.398. The van der Waals surface area contributed by atoms with E-state index in [1.165, 1.54) is 45.8 Å². The van der Waals surface area contributed by atoms with Crippen molar-refractivity contribution in [2.75, 3.05) is 31.7 Å². The van der Waals surface area contributed by atoms with Gasteiger partial charge in [-0.05, 0) is 48.9 Å². The quantitative estimate of drug-likeness (QED) is 0.586. The van der Waals surface area contributed by atoms with Crippen molar-refractivity contribution >= 4 is 16.3 Å². The number of rotatable bonds is 5. The lowest BCUT2D eigenvalue weighted by Crippen LogP contribution is -2.38. The van der Waals surface area contributed by atoms with E-state index < -0.39 is 0 Å². The first kappa shape index (κ1) is 20.2. The number of hydrogen-bond acceptors (Lipinski definition) is 7. The zero-order chi connectivity index (χ0) is 21.5. The van der Waals surface area contributed by atoms with Crippen LogP contribution in [0.15, 0.2) is 30.6 Å². The second-order valence-electron chi connectivity index (χ2n) is 8.93. The number of aromatic nitrogens is 3. The van der Waals surface area contributed by atoms with Crippen LogP contribution in [0, 0.1) is 0 Å². The van der Waals surface area contributed by atoms with Crippen molar-refractivity contribution in [2.45, 2.75) is 51.5 Å². The zero-order valence-electron chi connectivity index (χ0n) is 18.5. The van der Waals surface area contributed by atoms with Gasteiger partial charge in [0, 0.05) is 37.7 Å². The summed E-state index contributed by atoms with van der Waals surface area (Å²) in [5.74, 6) is 1.91. The van der Waals surface area contributed by atoms with Crippen molar-refractivity contribution < 1.29 is 9.47 Å². The molecule has 1 aromatic carbocycles. The summed E-state index contributed by atoms with van der Waals surface area (Å²) in [6.07, 6.45) is 6.86. The van der Waals surface area contributed by atoms with Gasteiger partial charge in [0.2, 0.25) is 0 Å². The lowest BCUT2D eigenvalue weighted by molar-refractivity contribution is -0.00777. The molecular weight excluding hydrogens is 422 g/mol. The Bertz CT molecular complexity index is 1090. The van der Waals surface area contributed by atoms with Crippen molar-refractivity contribution in [3.8, 4) is 17.1 Å². The van der Waals surface area contributed by atoms with E-state index in [1.54, 1.807) is 13.4 Å². The smallest absolute Gasteiger partial charge is 0.163 e. The van der Waals surface area contributed by atoms with E-state index in [1.807, 2.05) is 28.2 Å². The molecule has 1 fully saturated rings. The first-order valence-electron chi connectivity index (χ1n) is 11.5. The number of hydrogen-bond donors (Lipinski definition) is 0. The number of benzene rings is 1. The molecule has 0 bridgehead atoms. The Labute approximate surface area is 192 Å². The summed E-state index contributed by atoms with van der Waals surface area (Å²) in [6.45, 7) is 5.64. The predicted molar refractivity (Wildman–Crippen MR) is 125 cm³/mol. The largest absolute Gasteiger partial charge is 0.497 e. The lowest BCUT2D eigenvalue weighted by Gasteiger charge is -2.32. The molecule has 1 unspecified atom stereocenters. The van der Waals surface area contributed by atoms with Crippen LogP contribution in [0.5, 0.6) is 5.75 Å². The van der Waals surface area contributed by atoms with E-state index in [0.717, 1.165) is 57.4 Å². The van der Waals surface area contributed by atoms with Crippen molar-refractivity contribution in [1.29, 1.82) is 0 Å². The highest BCUT2D eigenvalue weighted by Crippen LogP contribution is 2.47. The van der Waals surface area contributed by atoms with Crippen LogP contribution in [-0.4, -0.2) is 52.6 Å². The Morgan fingerprint density at radius 1 is 1.22 bits per heavy atom. The number of methoxy groups -OCH3 is 1. The fourth-order valence-electron chi connectivity index (χ4n) is 5.15. The highest BCUT2D eigenvalue weighted by Gasteiger charge is 2.33. The summed E-state index contributed by atoms with van der Waals surface area (Å²) in [5.41, 5.74) is 4.04. The standard InChI is InChI=1S/C24H29N5O2S/c1-30-18-7-5-17(6-8-18)12-28-16-29-23(25-15-26-29)22-20-9-10-27(14-21(20)32-24(22)28)13-19-4-2-3-11-31-19/h5-8,15,19H,2-4,9-14,16H2,1H3. The summed E-state index contributed by atoms with van der Waals surface area (Å²) in [5, 5.41) is 5.85. The normalized spacial score (nSPS) is 20.5. The summed E-state index contributed by atoms with van der Waals surface area (Å²) in [4.78, 5) is 11.1. The molecule has 0 saturated carbocycles. The van der Waals surface area contributed by atoms with Crippen LogP contribution < -0.4 is 9.64 Å². The molecule has 3 aromatic rings. The molecular formula is C24H29N5O2S. The van der Waals surface area contributed by atoms with Gasteiger partial charge in [-0.15, -0.1) is 11.3 Å². The van der Waals surface area contributed by atoms with Crippen LogP contribution in [0.2, 0.25) is 0 Å². The van der Waals surface area contributed by atoms with E-state index in [0.29, 0.717) is 6.10 Å². The molecule has 168 valence electrons. The minimum Gasteiger partial charge on any atom is -0.497 e. The first-order valence-corrected chi connectivity index (χ1v) is 12.3. The summed E-state index contributed by atoms with van der Waals surface area (Å²) in [6, 6.07) is 8.36. The van der Waals surface area contributed by atoms with Gasteiger partial charge in [0.05, 0.1) is 18.8 Å². The molecule has 1 atom stereocenters. The zero-order valence-corrected chi connectivity index (χ0v) is 19.3. The van der Waals surface area contributed by atoms with Crippen molar-refractivity contribution in [3.05, 3.63) is 46.6 Å². The number of nitrogens with zero attached hydrogens (tertiary/aromatic N) is 5. The maximum absolute atomic E-state index is 6.01. The fourth-order valence-corrected chi connectivity index (χ4v) is 6.53. The highest BCUT2D eigenvalue weighted by atomic mass is 32.1. The van der Waals surface area contributed by atoms with Crippen LogP contribution in [-0.2, 0) is 30.9 Å². The third-order valence-electron chi connectivity index (χ3n) is 6.82. The molecule has 3 aliphatic rings. The van der Waals surface area contributed by atoms with Gasteiger partial charge in [0.1, 0.15) is 23.7 Å². The molecule has 5 heterocycles.